The summed E-state index contributed by atoms with van der Waals surface area (Å²) in [5.74, 6) is 0. The van der Waals surface area contributed by atoms with Crippen molar-refractivity contribution >= 4 is 5.71 Å². The van der Waals surface area contributed by atoms with Gasteiger partial charge in [0, 0.05) is 17.8 Å². The summed E-state index contributed by atoms with van der Waals surface area (Å²) in [6, 6.07) is 0. The minimum atomic E-state index is 0.960. The second-order valence-corrected chi connectivity index (χ2v) is 2.85. The Hall–Kier alpha value is -1.11. The predicted octanol–water partition coefficient (Wildman–Crippen LogP) is 3.26. The molecule has 1 heteroatoms. The predicted molar refractivity (Wildman–Crippen MR) is 54.4 cm³/mol. The summed E-state index contributed by atoms with van der Waals surface area (Å²) in [6.07, 6.45) is 12.6. The molecule has 1 aliphatic carbocycles. The SMILES string of the molecule is C/C=C(/C)N=C1C=CCC=CC1. The zero-order valence-corrected chi connectivity index (χ0v) is 7.75. The Morgan fingerprint density at radius 3 is 3.00 bits per heavy atom. The van der Waals surface area contributed by atoms with Crippen LogP contribution in [0.3, 0.4) is 0 Å². The monoisotopic (exact) mass is 161 g/mol. The van der Waals surface area contributed by atoms with Crippen molar-refractivity contribution in [3.63, 3.8) is 0 Å². The van der Waals surface area contributed by atoms with Crippen LogP contribution in [0.4, 0.5) is 0 Å². The van der Waals surface area contributed by atoms with Crippen LogP contribution < -0.4 is 0 Å². The summed E-state index contributed by atoms with van der Waals surface area (Å²) in [6.45, 7) is 4.03. The van der Waals surface area contributed by atoms with Crippen molar-refractivity contribution in [3.05, 3.63) is 36.1 Å². The van der Waals surface area contributed by atoms with Crippen molar-refractivity contribution in [1.29, 1.82) is 0 Å². The molecule has 0 heterocycles. The Morgan fingerprint density at radius 2 is 2.25 bits per heavy atom. The summed E-state index contributed by atoms with van der Waals surface area (Å²) in [7, 11) is 0. The van der Waals surface area contributed by atoms with Crippen LogP contribution in [0, 0.1) is 0 Å². The van der Waals surface area contributed by atoms with Crippen molar-refractivity contribution in [3.8, 4) is 0 Å². The van der Waals surface area contributed by atoms with Gasteiger partial charge in [-0.3, -0.25) is 4.99 Å². The van der Waals surface area contributed by atoms with E-state index in [0.717, 1.165) is 24.3 Å². The molecule has 0 spiro atoms. The van der Waals surface area contributed by atoms with Crippen LogP contribution in [0.1, 0.15) is 26.7 Å². The van der Waals surface area contributed by atoms with Crippen molar-refractivity contribution in [2.24, 2.45) is 4.99 Å². The molecular formula is C11H15N. The first-order chi connectivity index (χ1) is 5.83. The molecule has 0 bridgehead atoms. The van der Waals surface area contributed by atoms with Gasteiger partial charge in [-0.2, -0.15) is 0 Å². The Labute approximate surface area is 74.2 Å². The van der Waals surface area contributed by atoms with Crippen molar-refractivity contribution in [2.75, 3.05) is 0 Å². The lowest BCUT2D eigenvalue weighted by Gasteiger charge is -1.95. The second-order valence-electron chi connectivity index (χ2n) is 2.85. The van der Waals surface area contributed by atoms with E-state index in [4.69, 9.17) is 0 Å². The molecule has 0 saturated carbocycles. The first-order valence-electron chi connectivity index (χ1n) is 4.35. The largest absolute Gasteiger partial charge is 0.258 e. The summed E-state index contributed by atoms with van der Waals surface area (Å²) < 4.78 is 0. The zero-order valence-electron chi connectivity index (χ0n) is 7.75. The molecular weight excluding hydrogens is 146 g/mol. The van der Waals surface area contributed by atoms with Gasteiger partial charge in [-0.05, 0) is 26.3 Å². The van der Waals surface area contributed by atoms with E-state index in [1.54, 1.807) is 0 Å². The Kier molecular flexibility index (Phi) is 3.52. The Bertz CT molecular complexity index is 254. The van der Waals surface area contributed by atoms with Gasteiger partial charge in [0.25, 0.3) is 0 Å². The average molecular weight is 161 g/mol. The Morgan fingerprint density at radius 1 is 1.42 bits per heavy atom. The first kappa shape index (κ1) is 8.98. The fourth-order valence-electron chi connectivity index (χ4n) is 1.02. The average Bonchev–Trinajstić information content (AvgIpc) is 2.33. The number of hydrogen-bond donors (Lipinski definition) is 0. The highest BCUT2D eigenvalue weighted by atomic mass is 14.7. The van der Waals surface area contributed by atoms with E-state index < -0.39 is 0 Å². The first-order valence-corrected chi connectivity index (χ1v) is 4.35. The van der Waals surface area contributed by atoms with Crippen LogP contribution in [-0.4, -0.2) is 5.71 Å². The molecule has 0 aromatic carbocycles. The molecule has 1 rings (SSSR count). The minimum Gasteiger partial charge on any atom is -0.258 e. The summed E-state index contributed by atoms with van der Waals surface area (Å²) in [5, 5.41) is 0. The molecule has 1 aliphatic rings. The lowest BCUT2D eigenvalue weighted by Crippen LogP contribution is -1.90. The number of aliphatic imine (C=N–C) groups is 1. The Balaban J connectivity index is 2.73. The lowest BCUT2D eigenvalue weighted by atomic mass is 10.2. The normalized spacial score (nSPS) is 21.5. The molecule has 0 aliphatic heterocycles. The highest BCUT2D eigenvalue weighted by Crippen LogP contribution is 2.04. The maximum atomic E-state index is 4.45. The third-order valence-corrected chi connectivity index (χ3v) is 1.81. The zero-order chi connectivity index (χ0) is 8.81. The number of nitrogens with zero attached hydrogens (tertiary/aromatic N) is 1. The van der Waals surface area contributed by atoms with E-state index >= 15 is 0 Å². The summed E-state index contributed by atoms with van der Waals surface area (Å²) in [5.41, 5.74) is 2.24. The quantitative estimate of drug-likeness (QED) is 0.523. The van der Waals surface area contributed by atoms with Gasteiger partial charge in [-0.1, -0.05) is 24.3 Å². The summed E-state index contributed by atoms with van der Waals surface area (Å²) in [4.78, 5) is 4.45. The standard InChI is InChI=1S/C11H15N/c1-3-10(2)12-11-8-6-4-5-7-9-11/h3-4,6-7,9H,5,8H2,1-2H3/b10-3-,12-11?. The van der Waals surface area contributed by atoms with Gasteiger partial charge in [0.1, 0.15) is 0 Å². The van der Waals surface area contributed by atoms with E-state index in [9.17, 15) is 0 Å². The molecule has 0 fully saturated rings. The molecule has 0 N–H and O–H groups in total. The third-order valence-electron chi connectivity index (χ3n) is 1.81. The molecule has 0 saturated heterocycles. The molecule has 64 valence electrons. The van der Waals surface area contributed by atoms with Gasteiger partial charge < -0.3 is 0 Å². The van der Waals surface area contributed by atoms with E-state index in [0.29, 0.717) is 0 Å². The van der Waals surface area contributed by atoms with Crippen LogP contribution in [0.15, 0.2) is 41.1 Å². The van der Waals surface area contributed by atoms with Gasteiger partial charge in [0.2, 0.25) is 0 Å². The molecule has 1 nitrogen and oxygen atoms in total. The fourth-order valence-corrected chi connectivity index (χ4v) is 1.02. The van der Waals surface area contributed by atoms with Gasteiger partial charge >= 0.3 is 0 Å². The van der Waals surface area contributed by atoms with Crippen molar-refractivity contribution in [1.82, 2.24) is 0 Å². The third kappa shape index (κ3) is 2.87. The molecule has 0 atom stereocenters. The van der Waals surface area contributed by atoms with Crippen LogP contribution in [-0.2, 0) is 0 Å². The smallest absolute Gasteiger partial charge is 0.0441 e. The highest BCUT2D eigenvalue weighted by molar-refractivity contribution is 5.96. The molecule has 0 amide bonds. The molecule has 0 unspecified atom stereocenters. The molecule has 0 radical (unpaired) electrons. The van der Waals surface area contributed by atoms with E-state index in [1.807, 2.05) is 19.9 Å². The van der Waals surface area contributed by atoms with Crippen LogP contribution in [0.5, 0.6) is 0 Å². The molecule has 0 aromatic heterocycles. The van der Waals surface area contributed by atoms with E-state index in [1.165, 1.54) is 0 Å². The lowest BCUT2D eigenvalue weighted by molar-refractivity contribution is 1.26. The van der Waals surface area contributed by atoms with Crippen molar-refractivity contribution < 1.29 is 0 Å². The van der Waals surface area contributed by atoms with Gasteiger partial charge in [-0.25, -0.2) is 0 Å². The van der Waals surface area contributed by atoms with Crippen molar-refractivity contribution in [2.45, 2.75) is 26.7 Å². The van der Waals surface area contributed by atoms with E-state index in [-0.39, 0.29) is 0 Å². The fraction of sp³-hybridized carbons (Fsp3) is 0.364. The van der Waals surface area contributed by atoms with E-state index in [2.05, 4.69) is 29.3 Å². The number of hydrogen-bond acceptors (Lipinski definition) is 1. The molecule has 12 heavy (non-hydrogen) atoms. The maximum Gasteiger partial charge on any atom is 0.0441 e. The minimum absolute atomic E-state index is 0.960. The van der Waals surface area contributed by atoms with Gasteiger partial charge in [0.05, 0.1) is 0 Å². The van der Waals surface area contributed by atoms with Gasteiger partial charge in [0.15, 0.2) is 0 Å². The maximum absolute atomic E-state index is 4.45. The van der Waals surface area contributed by atoms with Crippen LogP contribution >= 0.6 is 0 Å². The topological polar surface area (TPSA) is 12.4 Å². The summed E-state index contributed by atoms with van der Waals surface area (Å²) >= 11 is 0. The molecule has 0 aromatic rings. The highest BCUT2D eigenvalue weighted by Gasteiger charge is 1.94. The van der Waals surface area contributed by atoms with Crippen LogP contribution in [0.2, 0.25) is 0 Å². The number of rotatable bonds is 1. The number of allylic oxidation sites excluding steroid dienone is 6. The van der Waals surface area contributed by atoms with Crippen LogP contribution in [0.25, 0.3) is 0 Å². The van der Waals surface area contributed by atoms with Gasteiger partial charge in [-0.15, -0.1) is 0 Å². The second kappa shape index (κ2) is 4.70.